The van der Waals surface area contributed by atoms with Gasteiger partial charge in [-0.25, -0.2) is 4.79 Å². The monoisotopic (exact) mass is 596 g/mol. The Morgan fingerprint density at radius 2 is 1.71 bits per heavy atom. The Bertz CT molecular complexity index is 1440. The topological polar surface area (TPSA) is 79.5 Å². The molecule has 1 aliphatic rings. The maximum atomic E-state index is 13.1. The summed E-state index contributed by atoms with van der Waals surface area (Å²) in [5.41, 5.74) is 2.96. The zero-order chi connectivity index (χ0) is 24.5. The second kappa shape index (κ2) is 9.91. The van der Waals surface area contributed by atoms with Gasteiger partial charge in [0, 0.05) is 41.6 Å². The van der Waals surface area contributed by atoms with Crippen LogP contribution in [-0.4, -0.2) is 47.2 Å². The van der Waals surface area contributed by atoms with Gasteiger partial charge in [0.05, 0.1) is 10.2 Å². The van der Waals surface area contributed by atoms with Gasteiger partial charge in [-0.1, -0.05) is 47.1 Å². The summed E-state index contributed by atoms with van der Waals surface area (Å²) in [6.45, 7) is 4.27. The average Bonchev–Trinajstić information content (AvgIpc) is 2.89. The van der Waals surface area contributed by atoms with E-state index in [4.69, 9.17) is 4.42 Å². The van der Waals surface area contributed by atoms with E-state index >= 15 is 0 Å². The molecule has 0 saturated carbocycles. The van der Waals surface area contributed by atoms with Crippen molar-refractivity contribution in [3.63, 3.8) is 0 Å². The van der Waals surface area contributed by atoms with Crippen LogP contribution in [0.1, 0.15) is 22.8 Å². The maximum absolute atomic E-state index is 13.1. The van der Waals surface area contributed by atoms with Crippen molar-refractivity contribution < 1.29 is 9.21 Å². The van der Waals surface area contributed by atoms with Gasteiger partial charge < -0.3 is 14.2 Å². The van der Waals surface area contributed by atoms with Crippen molar-refractivity contribution in [2.75, 3.05) is 31.1 Å². The third kappa shape index (κ3) is 4.88. The van der Waals surface area contributed by atoms with Crippen LogP contribution >= 0.6 is 31.9 Å². The van der Waals surface area contributed by atoms with E-state index < -0.39 is 5.63 Å². The summed E-state index contributed by atoms with van der Waals surface area (Å²) in [5, 5.41) is 9.49. The van der Waals surface area contributed by atoms with Crippen LogP contribution in [0, 0.1) is 0 Å². The van der Waals surface area contributed by atoms with Crippen molar-refractivity contribution in [2.24, 2.45) is 0 Å². The van der Waals surface area contributed by atoms with Crippen LogP contribution in [0.15, 0.2) is 72.8 Å². The summed E-state index contributed by atoms with van der Waals surface area (Å²) in [4.78, 5) is 29.4. The molecule has 0 N–H and O–H groups in total. The Labute approximate surface area is 219 Å². The third-order valence-corrected chi connectivity index (χ3v) is 7.23. The number of hydrogen-bond acceptors (Lipinski definition) is 6. The molecule has 3 heterocycles. The van der Waals surface area contributed by atoms with E-state index in [2.05, 4.69) is 78.1 Å². The first kappa shape index (κ1) is 23.7. The molecule has 1 saturated heterocycles. The van der Waals surface area contributed by atoms with Crippen LogP contribution in [0.25, 0.3) is 22.2 Å². The lowest BCUT2D eigenvalue weighted by Gasteiger charge is -2.35. The van der Waals surface area contributed by atoms with E-state index in [0.29, 0.717) is 41.6 Å². The van der Waals surface area contributed by atoms with Crippen LogP contribution in [0.2, 0.25) is 0 Å². The van der Waals surface area contributed by atoms with Crippen molar-refractivity contribution in [3.8, 4) is 11.3 Å². The predicted octanol–water partition coefficient (Wildman–Crippen LogP) is 5.30. The van der Waals surface area contributed by atoms with Gasteiger partial charge >= 0.3 is 5.63 Å². The second-order valence-corrected chi connectivity index (χ2v) is 10.1. The number of piperazine rings is 1. The molecule has 0 unspecified atom stereocenters. The molecule has 2 aromatic carbocycles. The largest absolute Gasteiger partial charge is 0.421 e. The first-order valence-electron chi connectivity index (χ1n) is 11.3. The van der Waals surface area contributed by atoms with Gasteiger partial charge in [-0.2, -0.15) is 0 Å². The lowest BCUT2D eigenvalue weighted by atomic mass is 10.1. The molecule has 0 radical (unpaired) electrons. The van der Waals surface area contributed by atoms with E-state index in [9.17, 15) is 9.59 Å². The minimum absolute atomic E-state index is 0.0363. The number of carbonyl (C=O) groups is 1. The van der Waals surface area contributed by atoms with Crippen molar-refractivity contribution in [3.05, 3.63) is 85.1 Å². The van der Waals surface area contributed by atoms with E-state index in [-0.39, 0.29) is 11.5 Å². The number of benzene rings is 2. The highest BCUT2D eigenvalue weighted by atomic mass is 79.9. The van der Waals surface area contributed by atoms with Crippen molar-refractivity contribution in [1.82, 2.24) is 15.1 Å². The molecule has 0 atom stereocenters. The zero-order valence-electron chi connectivity index (χ0n) is 19.0. The van der Waals surface area contributed by atoms with E-state index in [1.54, 1.807) is 17.0 Å². The molecule has 1 amide bonds. The summed E-state index contributed by atoms with van der Waals surface area (Å²) in [6, 6.07) is 17.5. The van der Waals surface area contributed by atoms with Gasteiger partial charge in [-0.05, 0) is 58.2 Å². The minimum Gasteiger partial charge on any atom is -0.421 e. The van der Waals surface area contributed by atoms with Crippen LogP contribution in [0.3, 0.4) is 0 Å². The number of nitrogens with zero attached hydrogens (tertiary/aromatic N) is 4. The smallest absolute Gasteiger partial charge is 0.349 e. The van der Waals surface area contributed by atoms with Crippen molar-refractivity contribution in [2.45, 2.75) is 13.3 Å². The first-order chi connectivity index (χ1) is 16.9. The molecule has 0 aliphatic carbocycles. The van der Waals surface area contributed by atoms with Gasteiger partial charge in [-0.15, -0.1) is 10.2 Å². The highest BCUT2D eigenvalue weighted by molar-refractivity contribution is 9.11. The third-order valence-electron chi connectivity index (χ3n) is 6.18. The lowest BCUT2D eigenvalue weighted by molar-refractivity contribution is 0.0742. The molecule has 4 aromatic rings. The number of hydrogen-bond donors (Lipinski definition) is 0. The van der Waals surface area contributed by atoms with Gasteiger partial charge in [0.15, 0.2) is 11.4 Å². The van der Waals surface area contributed by atoms with Crippen LogP contribution in [0.5, 0.6) is 0 Å². The Balaban J connectivity index is 1.27. The van der Waals surface area contributed by atoms with Crippen molar-refractivity contribution >= 4 is 54.6 Å². The van der Waals surface area contributed by atoms with Gasteiger partial charge in [0.1, 0.15) is 5.56 Å². The maximum Gasteiger partial charge on any atom is 0.349 e. The predicted molar refractivity (Wildman–Crippen MR) is 143 cm³/mol. The SMILES string of the molecule is CCc1ccc(-c2ccc(N3CCN(C(=O)c4cc5cc(Br)cc(Br)c5oc4=O)CC3)nn2)cc1. The van der Waals surface area contributed by atoms with Crippen LogP contribution in [-0.2, 0) is 6.42 Å². The standard InChI is InChI=1S/C26H22Br2N4O3/c1-2-16-3-5-17(6-4-16)22-7-8-23(30-29-22)31-9-11-32(12-10-31)25(33)20-14-18-13-19(27)15-21(28)24(18)35-26(20)34/h3-8,13-15H,2,9-12H2,1H3. The van der Waals surface area contributed by atoms with Crippen LogP contribution < -0.4 is 10.5 Å². The first-order valence-corrected chi connectivity index (χ1v) is 12.9. The molecular weight excluding hydrogens is 576 g/mol. The molecule has 1 fully saturated rings. The van der Waals surface area contributed by atoms with Gasteiger partial charge in [0.25, 0.3) is 5.91 Å². The normalized spacial score (nSPS) is 13.9. The zero-order valence-corrected chi connectivity index (χ0v) is 22.2. The Hall–Kier alpha value is -3.04. The average molecular weight is 598 g/mol. The lowest BCUT2D eigenvalue weighted by Crippen LogP contribution is -2.49. The number of aromatic nitrogens is 2. The number of halogens is 2. The van der Waals surface area contributed by atoms with E-state index in [1.165, 1.54) is 5.56 Å². The molecule has 35 heavy (non-hydrogen) atoms. The fourth-order valence-corrected chi connectivity index (χ4v) is 5.51. The fraction of sp³-hybridized carbons (Fsp3) is 0.231. The Morgan fingerprint density at radius 3 is 2.37 bits per heavy atom. The molecule has 0 spiro atoms. The minimum atomic E-state index is -0.638. The summed E-state index contributed by atoms with van der Waals surface area (Å²) in [6.07, 6.45) is 1.00. The summed E-state index contributed by atoms with van der Waals surface area (Å²) >= 11 is 6.83. The number of rotatable bonds is 4. The van der Waals surface area contributed by atoms with Crippen molar-refractivity contribution in [1.29, 1.82) is 0 Å². The number of fused-ring (bicyclic) bond motifs is 1. The fourth-order valence-electron chi connectivity index (χ4n) is 4.17. The van der Waals surface area contributed by atoms with E-state index in [0.717, 1.165) is 28.0 Å². The molecule has 7 nitrogen and oxygen atoms in total. The number of carbonyl (C=O) groups excluding carboxylic acids is 1. The number of anilines is 1. The highest BCUT2D eigenvalue weighted by Crippen LogP contribution is 2.28. The Kier molecular flexibility index (Phi) is 6.71. The van der Waals surface area contributed by atoms with E-state index in [1.807, 2.05) is 18.2 Å². The quantitative estimate of drug-likeness (QED) is 0.297. The molecule has 0 bridgehead atoms. The molecule has 5 rings (SSSR count). The molecule has 1 aliphatic heterocycles. The summed E-state index contributed by atoms with van der Waals surface area (Å²) in [5.74, 6) is 0.444. The second-order valence-electron chi connectivity index (χ2n) is 8.36. The molecular formula is C26H22Br2N4O3. The number of amides is 1. The summed E-state index contributed by atoms with van der Waals surface area (Å²) < 4.78 is 6.91. The molecule has 178 valence electrons. The molecule has 9 heteroatoms. The molecule has 2 aromatic heterocycles. The van der Waals surface area contributed by atoms with Gasteiger partial charge in [0.2, 0.25) is 0 Å². The van der Waals surface area contributed by atoms with Gasteiger partial charge in [-0.3, -0.25) is 4.79 Å². The van der Waals surface area contributed by atoms with Crippen LogP contribution in [0.4, 0.5) is 5.82 Å². The highest BCUT2D eigenvalue weighted by Gasteiger charge is 2.26. The number of aryl methyl sites for hydroxylation is 1. The summed E-state index contributed by atoms with van der Waals surface area (Å²) in [7, 11) is 0. The Morgan fingerprint density at radius 1 is 0.971 bits per heavy atom.